The van der Waals surface area contributed by atoms with Crippen molar-refractivity contribution in [1.82, 2.24) is 10.2 Å². The molecule has 0 aromatic heterocycles. The van der Waals surface area contributed by atoms with Gasteiger partial charge in [-0.05, 0) is 41.8 Å². The molecule has 0 saturated carbocycles. The van der Waals surface area contributed by atoms with Crippen LogP contribution in [0.5, 0.6) is 5.75 Å². The van der Waals surface area contributed by atoms with Gasteiger partial charge < -0.3 is 15.0 Å². The fraction of sp³-hybridized carbons (Fsp3) is 0.364. The molecule has 0 aliphatic carbocycles. The van der Waals surface area contributed by atoms with E-state index in [1.165, 1.54) is 12.1 Å². The maximum absolute atomic E-state index is 13.0. The number of carbonyl (C=O) groups is 2. The Labute approximate surface area is 164 Å². The molecule has 6 heteroatoms. The molecule has 1 fully saturated rings. The number of likely N-dealkylation sites (tertiary alicyclic amines) is 1. The van der Waals surface area contributed by atoms with E-state index < -0.39 is 0 Å². The fourth-order valence-corrected chi connectivity index (χ4v) is 3.35. The third-order valence-corrected chi connectivity index (χ3v) is 4.97. The number of halogens is 1. The Morgan fingerprint density at radius 2 is 1.82 bits per heavy atom. The molecule has 0 spiro atoms. The Kier molecular flexibility index (Phi) is 6.63. The Morgan fingerprint density at radius 1 is 1.14 bits per heavy atom. The predicted molar refractivity (Wildman–Crippen MR) is 104 cm³/mol. The van der Waals surface area contributed by atoms with Crippen LogP contribution in [0, 0.1) is 11.7 Å². The first-order valence-corrected chi connectivity index (χ1v) is 9.45. The van der Waals surface area contributed by atoms with E-state index in [2.05, 4.69) is 5.32 Å². The van der Waals surface area contributed by atoms with Crippen LogP contribution in [0.25, 0.3) is 0 Å². The number of aryl methyl sites for hydroxylation is 1. The Balaban J connectivity index is 1.40. The van der Waals surface area contributed by atoms with Gasteiger partial charge >= 0.3 is 0 Å². The summed E-state index contributed by atoms with van der Waals surface area (Å²) in [6.07, 6.45) is 1.50. The Hall–Kier alpha value is -2.89. The minimum atomic E-state index is -0.285. The summed E-state index contributed by atoms with van der Waals surface area (Å²) < 4.78 is 18.1. The zero-order valence-corrected chi connectivity index (χ0v) is 16.0. The van der Waals surface area contributed by atoms with Gasteiger partial charge in [-0.25, -0.2) is 4.39 Å². The highest BCUT2D eigenvalue weighted by molar-refractivity contribution is 5.79. The number of nitrogens with one attached hydrogen (secondary N) is 1. The number of benzene rings is 2. The number of rotatable bonds is 8. The number of amides is 2. The van der Waals surface area contributed by atoms with E-state index in [1.807, 2.05) is 24.3 Å². The van der Waals surface area contributed by atoms with Crippen molar-refractivity contribution >= 4 is 11.8 Å². The van der Waals surface area contributed by atoms with Crippen molar-refractivity contribution in [1.29, 1.82) is 0 Å². The highest BCUT2D eigenvalue weighted by Gasteiger charge is 2.29. The largest absolute Gasteiger partial charge is 0.497 e. The topological polar surface area (TPSA) is 58.6 Å². The highest BCUT2D eigenvalue weighted by atomic mass is 19.1. The van der Waals surface area contributed by atoms with Crippen molar-refractivity contribution in [2.45, 2.75) is 25.8 Å². The molecule has 1 N–H and O–H groups in total. The summed E-state index contributed by atoms with van der Waals surface area (Å²) >= 11 is 0. The molecule has 1 aliphatic heterocycles. The maximum Gasteiger partial charge on any atom is 0.223 e. The first kappa shape index (κ1) is 19.9. The third-order valence-electron chi connectivity index (χ3n) is 4.97. The number of nitrogens with zero attached hydrogens (tertiary/aromatic N) is 1. The van der Waals surface area contributed by atoms with Gasteiger partial charge in [0.2, 0.25) is 11.8 Å². The lowest BCUT2D eigenvalue weighted by atomic mass is 10.1. The highest BCUT2D eigenvalue weighted by Crippen LogP contribution is 2.20. The summed E-state index contributed by atoms with van der Waals surface area (Å²) in [5, 5.41) is 2.94. The van der Waals surface area contributed by atoms with Crippen LogP contribution in [-0.4, -0.2) is 36.9 Å². The monoisotopic (exact) mass is 384 g/mol. The minimum absolute atomic E-state index is 0.0137. The lowest BCUT2D eigenvalue weighted by Crippen LogP contribution is -2.31. The molecular weight excluding hydrogens is 359 g/mol. The van der Waals surface area contributed by atoms with E-state index in [4.69, 9.17) is 4.74 Å². The molecule has 1 atom stereocenters. The van der Waals surface area contributed by atoms with Crippen LogP contribution in [0.1, 0.15) is 24.0 Å². The van der Waals surface area contributed by atoms with Gasteiger partial charge in [0.15, 0.2) is 0 Å². The van der Waals surface area contributed by atoms with Crippen molar-refractivity contribution in [3.05, 3.63) is 65.5 Å². The first-order chi connectivity index (χ1) is 13.5. The number of methoxy groups -OCH3 is 1. The molecule has 5 nitrogen and oxygen atoms in total. The SMILES string of the molecule is COc1ccc(CCC(=O)NCC2CC(=O)N(Cc3ccc(F)cc3)C2)cc1. The third kappa shape index (κ3) is 5.55. The van der Waals surface area contributed by atoms with Gasteiger partial charge in [0.1, 0.15) is 11.6 Å². The second-order valence-electron chi connectivity index (χ2n) is 7.12. The lowest BCUT2D eigenvalue weighted by Gasteiger charge is -2.17. The number of hydrogen-bond acceptors (Lipinski definition) is 3. The van der Waals surface area contributed by atoms with Gasteiger partial charge in [-0.2, -0.15) is 0 Å². The smallest absolute Gasteiger partial charge is 0.223 e. The molecule has 3 rings (SSSR count). The molecule has 0 radical (unpaired) electrons. The molecule has 2 aromatic rings. The maximum atomic E-state index is 13.0. The lowest BCUT2D eigenvalue weighted by molar-refractivity contribution is -0.128. The summed E-state index contributed by atoms with van der Waals surface area (Å²) in [6.45, 7) is 1.57. The van der Waals surface area contributed by atoms with Gasteiger partial charge in [0.05, 0.1) is 7.11 Å². The first-order valence-electron chi connectivity index (χ1n) is 9.45. The Morgan fingerprint density at radius 3 is 2.50 bits per heavy atom. The van der Waals surface area contributed by atoms with Crippen molar-refractivity contribution in [3.8, 4) is 5.75 Å². The molecule has 1 aliphatic rings. The van der Waals surface area contributed by atoms with Crippen LogP contribution in [0.4, 0.5) is 4.39 Å². The van der Waals surface area contributed by atoms with Crippen molar-refractivity contribution in [3.63, 3.8) is 0 Å². The van der Waals surface area contributed by atoms with Gasteiger partial charge in [0.25, 0.3) is 0 Å². The average Bonchev–Trinajstić information content (AvgIpc) is 3.06. The molecule has 1 heterocycles. The van der Waals surface area contributed by atoms with Crippen molar-refractivity contribution in [2.24, 2.45) is 5.92 Å². The number of hydrogen-bond donors (Lipinski definition) is 1. The summed E-state index contributed by atoms with van der Waals surface area (Å²) in [4.78, 5) is 26.1. The summed E-state index contributed by atoms with van der Waals surface area (Å²) in [5.41, 5.74) is 1.98. The van der Waals surface area contributed by atoms with E-state index in [0.29, 0.717) is 38.9 Å². The molecule has 28 heavy (non-hydrogen) atoms. The van der Waals surface area contributed by atoms with Crippen LogP contribution in [-0.2, 0) is 22.6 Å². The standard InChI is InChI=1S/C22H25FN2O3/c1-28-20-9-4-16(5-10-20)6-11-21(26)24-13-18-12-22(27)25(15-18)14-17-2-7-19(23)8-3-17/h2-5,7-10,18H,6,11-15H2,1H3,(H,24,26). The van der Waals surface area contributed by atoms with Gasteiger partial charge in [-0.1, -0.05) is 24.3 Å². The summed E-state index contributed by atoms with van der Waals surface area (Å²) in [6, 6.07) is 13.9. The average molecular weight is 384 g/mol. The molecular formula is C22H25FN2O3. The molecule has 0 bridgehead atoms. The normalized spacial score (nSPS) is 16.3. The van der Waals surface area contributed by atoms with Crippen LogP contribution < -0.4 is 10.1 Å². The van der Waals surface area contributed by atoms with Crippen LogP contribution in [0.3, 0.4) is 0 Å². The second kappa shape index (κ2) is 9.35. The molecule has 2 amide bonds. The minimum Gasteiger partial charge on any atom is -0.497 e. The van der Waals surface area contributed by atoms with E-state index in [0.717, 1.165) is 16.9 Å². The van der Waals surface area contributed by atoms with Crippen LogP contribution in [0.2, 0.25) is 0 Å². The Bertz CT molecular complexity index is 806. The van der Waals surface area contributed by atoms with E-state index in [1.54, 1.807) is 24.1 Å². The number of ether oxygens (including phenoxy) is 1. The zero-order chi connectivity index (χ0) is 19.9. The molecule has 148 valence electrons. The van der Waals surface area contributed by atoms with Crippen molar-refractivity contribution < 1.29 is 18.7 Å². The van der Waals surface area contributed by atoms with Gasteiger partial charge in [-0.3, -0.25) is 9.59 Å². The van der Waals surface area contributed by atoms with Crippen LogP contribution >= 0.6 is 0 Å². The quantitative estimate of drug-likeness (QED) is 0.761. The van der Waals surface area contributed by atoms with Gasteiger partial charge in [0, 0.05) is 38.4 Å². The fourth-order valence-electron chi connectivity index (χ4n) is 3.35. The molecule has 1 unspecified atom stereocenters. The van der Waals surface area contributed by atoms with E-state index in [-0.39, 0.29) is 23.5 Å². The summed E-state index contributed by atoms with van der Waals surface area (Å²) in [7, 11) is 1.62. The zero-order valence-electron chi connectivity index (χ0n) is 16.0. The van der Waals surface area contributed by atoms with E-state index in [9.17, 15) is 14.0 Å². The van der Waals surface area contributed by atoms with Crippen molar-refractivity contribution in [2.75, 3.05) is 20.2 Å². The predicted octanol–water partition coefficient (Wildman–Crippen LogP) is 2.93. The van der Waals surface area contributed by atoms with Crippen LogP contribution in [0.15, 0.2) is 48.5 Å². The second-order valence-corrected chi connectivity index (χ2v) is 7.12. The van der Waals surface area contributed by atoms with E-state index >= 15 is 0 Å². The van der Waals surface area contributed by atoms with Gasteiger partial charge in [-0.15, -0.1) is 0 Å². The molecule has 1 saturated heterocycles. The number of carbonyl (C=O) groups excluding carboxylic acids is 2. The molecule has 2 aromatic carbocycles. The summed E-state index contributed by atoms with van der Waals surface area (Å²) in [5.74, 6) is 0.677.